The normalized spacial score (nSPS) is 9.95. The Balaban J connectivity index is 2.16. The van der Waals surface area contributed by atoms with Crippen LogP contribution in [0.25, 0.3) is 0 Å². The minimum absolute atomic E-state index is 0.132. The molecule has 2 rings (SSSR count). The van der Waals surface area contributed by atoms with Crippen LogP contribution in [-0.4, -0.2) is 16.8 Å². The van der Waals surface area contributed by atoms with Crippen molar-refractivity contribution in [3.63, 3.8) is 0 Å². The van der Waals surface area contributed by atoms with Crippen LogP contribution in [0.15, 0.2) is 42.6 Å². The van der Waals surface area contributed by atoms with Gasteiger partial charge in [0.2, 0.25) is 0 Å². The van der Waals surface area contributed by atoms with Crippen LogP contribution in [0, 0.1) is 6.92 Å². The fourth-order valence-corrected chi connectivity index (χ4v) is 1.58. The van der Waals surface area contributed by atoms with Gasteiger partial charge in [0.1, 0.15) is 5.69 Å². The van der Waals surface area contributed by atoms with Gasteiger partial charge in [-0.15, -0.1) is 0 Å². The maximum atomic E-state index is 12.0. The van der Waals surface area contributed by atoms with Crippen LogP contribution in [0.3, 0.4) is 0 Å². The Morgan fingerprint density at radius 2 is 1.89 bits per heavy atom. The van der Waals surface area contributed by atoms with E-state index >= 15 is 0 Å². The molecule has 2 amide bonds. The molecular weight excluding hydrogens is 242 g/mol. The fourth-order valence-electron chi connectivity index (χ4n) is 1.58. The first-order chi connectivity index (χ1) is 9.08. The molecule has 0 unspecified atom stereocenters. The number of nitrogens with two attached hydrogens (primary N) is 1. The molecule has 2 aromatic rings. The standard InChI is InChI=1S/C14H13N3O2/c1-9-4-2-3-5-11(9)17-14(19)10-6-7-12(13(15)18)16-8-10/h2-8H,1H3,(H2,15,18)(H,17,19). The van der Waals surface area contributed by atoms with Crippen molar-refractivity contribution in [1.29, 1.82) is 0 Å². The number of hydrogen-bond donors (Lipinski definition) is 2. The van der Waals surface area contributed by atoms with Gasteiger partial charge < -0.3 is 11.1 Å². The summed E-state index contributed by atoms with van der Waals surface area (Å²) in [4.78, 5) is 26.7. The second-order valence-electron chi connectivity index (χ2n) is 4.07. The zero-order chi connectivity index (χ0) is 13.8. The van der Waals surface area contributed by atoms with Crippen LogP contribution in [0.5, 0.6) is 0 Å². The van der Waals surface area contributed by atoms with E-state index in [1.807, 2.05) is 31.2 Å². The van der Waals surface area contributed by atoms with Gasteiger partial charge >= 0.3 is 0 Å². The predicted molar refractivity (Wildman–Crippen MR) is 71.9 cm³/mol. The van der Waals surface area contributed by atoms with E-state index in [4.69, 9.17) is 5.73 Å². The molecule has 0 saturated carbocycles. The van der Waals surface area contributed by atoms with Crippen molar-refractivity contribution in [2.45, 2.75) is 6.92 Å². The lowest BCUT2D eigenvalue weighted by molar-refractivity contribution is 0.0990. The molecule has 19 heavy (non-hydrogen) atoms. The molecule has 5 heteroatoms. The number of carbonyl (C=O) groups is 2. The first-order valence-electron chi connectivity index (χ1n) is 5.71. The van der Waals surface area contributed by atoms with Crippen LogP contribution in [0.4, 0.5) is 5.69 Å². The number of para-hydroxylation sites is 1. The summed E-state index contributed by atoms with van der Waals surface area (Å²) in [5.41, 5.74) is 7.29. The maximum Gasteiger partial charge on any atom is 0.267 e. The number of amides is 2. The Kier molecular flexibility index (Phi) is 3.56. The van der Waals surface area contributed by atoms with Crippen molar-refractivity contribution in [3.05, 3.63) is 59.4 Å². The third-order valence-electron chi connectivity index (χ3n) is 2.67. The zero-order valence-corrected chi connectivity index (χ0v) is 10.4. The summed E-state index contributed by atoms with van der Waals surface area (Å²) in [5, 5.41) is 2.78. The molecule has 96 valence electrons. The summed E-state index contributed by atoms with van der Waals surface area (Å²) >= 11 is 0. The number of hydrogen-bond acceptors (Lipinski definition) is 3. The van der Waals surface area contributed by atoms with Gasteiger partial charge in [-0.05, 0) is 30.7 Å². The quantitative estimate of drug-likeness (QED) is 0.876. The highest BCUT2D eigenvalue weighted by atomic mass is 16.2. The van der Waals surface area contributed by atoms with E-state index < -0.39 is 5.91 Å². The maximum absolute atomic E-state index is 12.0. The van der Waals surface area contributed by atoms with Gasteiger partial charge in [0.25, 0.3) is 11.8 Å². The van der Waals surface area contributed by atoms with E-state index in [-0.39, 0.29) is 11.6 Å². The van der Waals surface area contributed by atoms with Gasteiger partial charge in [-0.2, -0.15) is 0 Å². The number of primary amides is 1. The summed E-state index contributed by atoms with van der Waals surface area (Å²) in [6.07, 6.45) is 1.33. The fraction of sp³-hybridized carbons (Fsp3) is 0.0714. The molecular formula is C14H13N3O2. The summed E-state index contributed by atoms with van der Waals surface area (Å²) in [7, 11) is 0. The first-order valence-corrected chi connectivity index (χ1v) is 5.71. The van der Waals surface area contributed by atoms with Gasteiger partial charge in [0, 0.05) is 11.9 Å². The van der Waals surface area contributed by atoms with Crippen LogP contribution in [0.2, 0.25) is 0 Å². The van der Waals surface area contributed by atoms with Gasteiger partial charge in [0.15, 0.2) is 0 Å². The molecule has 0 radical (unpaired) electrons. The van der Waals surface area contributed by atoms with Gasteiger partial charge in [-0.3, -0.25) is 14.6 Å². The lowest BCUT2D eigenvalue weighted by Crippen LogP contribution is -2.16. The van der Waals surface area contributed by atoms with E-state index in [9.17, 15) is 9.59 Å². The Bertz CT molecular complexity index is 621. The largest absolute Gasteiger partial charge is 0.364 e. The van der Waals surface area contributed by atoms with E-state index in [1.54, 1.807) is 0 Å². The minimum Gasteiger partial charge on any atom is -0.364 e. The van der Waals surface area contributed by atoms with Crippen LogP contribution < -0.4 is 11.1 Å². The average molecular weight is 255 g/mol. The Labute approximate surface area is 110 Å². The van der Waals surface area contributed by atoms with Crippen molar-refractivity contribution in [3.8, 4) is 0 Å². The average Bonchev–Trinajstić information content (AvgIpc) is 2.41. The summed E-state index contributed by atoms with van der Waals surface area (Å²) in [6, 6.07) is 10.4. The second kappa shape index (κ2) is 5.30. The Hall–Kier alpha value is -2.69. The van der Waals surface area contributed by atoms with Gasteiger partial charge in [-0.25, -0.2) is 0 Å². The summed E-state index contributed by atoms with van der Waals surface area (Å²) in [5.74, 6) is -0.899. The molecule has 5 nitrogen and oxygen atoms in total. The monoisotopic (exact) mass is 255 g/mol. The molecule has 0 aliphatic carbocycles. The molecule has 1 heterocycles. The highest BCUT2D eigenvalue weighted by Crippen LogP contribution is 2.14. The smallest absolute Gasteiger partial charge is 0.267 e. The lowest BCUT2D eigenvalue weighted by atomic mass is 10.2. The van der Waals surface area contributed by atoms with Crippen molar-refractivity contribution in [2.75, 3.05) is 5.32 Å². The SMILES string of the molecule is Cc1ccccc1NC(=O)c1ccc(C(N)=O)nc1. The van der Waals surface area contributed by atoms with Gasteiger partial charge in [0.05, 0.1) is 5.56 Å². The number of benzene rings is 1. The van der Waals surface area contributed by atoms with E-state index in [0.717, 1.165) is 11.3 Å². The second-order valence-corrected chi connectivity index (χ2v) is 4.07. The predicted octanol–water partition coefficient (Wildman–Crippen LogP) is 1.74. The lowest BCUT2D eigenvalue weighted by Gasteiger charge is -2.07. The zero-order valence-electron chi connectivity index (χ0n) is 10.4. The highest BCUT2D eigenvalue weighted by molar-refractivity contribution is 6.04. The number of nitrogens with zero attached hydrogens (tertiary/aromatic N) is 1. The van der Waals surface area contributed by atoms with Crippen molar-refractivity contribution < 1.29 is 9.59 Å². The minimum atomic E-state index is -0.620. The van der Waals surface area contributed by atoms with Crippen LogP contribution in [-0.2, 0) is 0 Å². The number of aryl methyl sites for hydroxylation is 1. The van der Waals surface area contributed by atoms with Crippen molar-refractivity contribution in [1.82, 2.24) is 4.98 Å². The highest BCUT2D eigenvalue weighted by Gasteiger charge is 2.09. The van der Waals surface area contributed by atoms with E-state index in [2.05, 4.69) is 10.3 Å². The molecule has 0 bridgehead atoms. The molecule has 1 aromatic heterocycles. The third kappa shape index (κ3) is 2.95. The summed E-state index contributed by atoms with van der Waals surface area (Å²) in [6.45, 7) is 1.91. The molecule has 0 saturated heterocycles. The summed E-state index contributed by atoms with van der Waals surface area (Å²) < 4.78 is 0. The van der Waals surface area contributed by atoms with Crippen LogP contribution >= 0.6 is 0 Å². The first kappa shape index (κ1) is 12.8. The molecule has 0 atom stereocenters. The number of rotatable bonds is 3. The molecule has 3 N–H and O–H groups in total. The topological polar surface area (TPSA) is 85.1 Å². The number of aromatic nitrogens is 1. The van der Waals surface area contributed by atoms with Gasteiger partial charge in [-0.1, -0.05) is 18.2 Å². The Morgan fingerprint density at radius 1 is 1.16 bits per heavy atom. The van der Waals surface area contributed by atoms with E-state index in [0.29, 0.717) is 5.56 Å². The third-order valence-corrected chi connectivity index (χ3v) is 2.67. The van der Waals surface area contributed by atoms with Crippen molar-refractivity contribution >= 4 is 17.5 Å². The number of carbonyl (C=O) groups excluding carboxylic acids is 2. The Morgan fingerprint density at radius 3 is 2.47 bits per heavy atom. The number of nitrogens with one attached hydrogen (secondary N) is 1. The number of pyridine rings is 1. The van der Waals surface area contributed by atoms with Crippen LogP contribution in [0.1, 0.15) is 26.4 Å². The van der Waals surface area contributed by atoms with E-state index in [1.165, 1.54) is 18.3 Å². The van der Waals surface area contributed by atoms with Crippen molar-refractivity contribution in [2.24, 2.45) is 5.73 Å². The molecule has 0 aliphatic heterocycles. The molecule has 0 aliphatic rings. The molecule has 1 aromatic carbocycles. The molecule has 0 spiro atoms. The number of anilines is 1. The molecule has 0 fully saturated rings.